The zero-order valence-electron chi connectivity index (χ0n) is 15.2. The topological polar surface area (TPSA) is 76.9 Å². The summed E-state index contributed by atoms with van der Waals surface area (Å²) >= 11 is 0. The first kappa shape index (κ1) is 17.9. The van der Waals surface area contributed by atoms with Gasteiger partial charge in [0.25, 0.3) is 5.91 Å². The minimum atomic E-state index is -1.000. The molecule has 0 N–H and O–H groups in total. The molecule has 1 aromatic heterocycles. The fourth-order valence-electron chi connectivity index (χ4n) is 3.38. The number of morpholine rings is 2. The van der Waals surface area contributed by atoms with Gasteiger partial charge >= 0.3 is 0 Å². The molecule has 8 heteroatoms. The Kier molecular flexibility index (Phi) is 5.10. The van der Waals surface area contributed by atoms with Crippen LogP contribution in [0.4, 0.5) is 0 Å². The van der Waals surface area contributed by atoms with Crippen LogP contribution in [-0.4, -0.2) is 83.0 Å². The zero-order chi connectivity index (χ0) is 18.0. The van der Waals surface area contributed by atoms with Gasteiger partial charge in [0.1, 0.15) is 6.54 Å². The Hall–Kier alpha value is -1.93. The summed E-state index contributed by atoms with van der Waals surface area (Å²) in [5.41, 5.74) is 0.839. The molecule has 3 heterocycles. The van der Waals surface area contributed by atoms with Gasteiger partial charge in [0.05, 0.1) is 32.1 Å². The maximum Gasteiger partial charge on any atom is 0.256 e. The van der Waals surface area contributed by atoms with E-state index >= 15 is 0 Å². The largest absolute Gasteiger partial charge is 0.378 e. The molecule has 1 aromatic rings. The summed E-state index contributed by atoms with van der Waals surface area (Å²) in [6, 6.07) is 1.94. The molecule has 0 unspecified atom stereocenters. The van der Waals surface area contributed by atoms with Crippen LogP contribution in [0.2, 0.25) is 0 Å². The molecule has 0 aliphatic carbocycles. The molecule has 1 atom stereocenters. The van der Waals surface area contributed by atoms with E-state index in [0.717, 1.165) is 11.4 Å². The number of aromatic nitrogens is 2. The number of hydrogen-bond donors (Lipinski definition) is 0. The second kappa shape index (κ2) is 7.13. The van der Waals surface area contributed by atoms with Crippen LogP contribution in [0.3, 0.4) is 0 Å². The van der Waals surface area contributed by atoms with E-state index in [2.05, 4.69) is 5.10 Å². The van der Waals surface area contributed by atoms with Crippen LogP contribution in [0.15, 0.2) is 6.07 Å². The lowest BCUT2D eigenvalue weighted by Gasteiger charge is -2.42. The van der Waals surface area contributed by atoms with E-state index in [9.17, 15) is 9.59 Å². The highest BCUT2D eigenvalue weighted by molar-refractivity contribution is 5.86. The number of aryl methyl sites for hydroxylation is 2. The number of hydrogen-bond acceptors (Lipinski definition) is 5. The average molecular weight is 350 g/mol. The predicted molar refractivity (Wildman–Crippen MR) is 90.0 cm³/mol. The Bertz CT molecular complexity index is 653. The smallest absolute Gasteiger partial charge is 0.256 e. The number of rotatable bonds is 3. The summed E-state index contributed by atoms with van der Waals surface area (Å²) in [4.78, 5) is 29.0. The van der Waals surface area contributed by atoms with Gasteiger partial charge in [-0.2, -0.15) is 5.10 Å². The maximum absolute atomic E-state index is 12.8. The van der Waals surface area contributed by atoms with Crippen molar-refractivity contribution in [3.63, 3.8) is 0 Å². The molecule has 0 radical (unpaired) electrons. The fraction of sp³-hybridized carbons (Fsp3) is 0.706. The summed E-state index contributed by atoms with van der Waals surface area (Å²) in [6.07, 6.45) is 0. The van der Waals surface area contributed by atoms with E-state index in [-0.39, 0.29) is 24.9 Å². The standard InChI is InChI=1S/C17H26N4O4/c1-13-10-14(2)21(18-13)11-15(22)20-6-9-25-17(3,12-20)16(23)19-4-7-24-8-5-19/h10H,4-9,11-12H2,1-3H3/t17-/m1/s1. The van der Waals surface area contributed by atoms with Crippen LogP contribution >= 0.6 is 0 Å². The fourth-order valence-corrected chi connectivity index (χ4v) is 3.38. The highest BCUT2D eigenvalue weighted by Gasteiger charge is 2.43. The molecule has 2 aliphatic heterocycles. The Morgan fingerprint density at radius 3 is 2.48 bits per heavy atom. The van der Waals surface area contributed by atoms with E-state index in [1.807, 2.05) is 19.9 Å². The van der Waals surface area contributed by atoms with E-state index in [1.54, 1.807) is 21.4 Å². The first-order chi connectivity index (χ1) is 11.9. The molecule has 3 rings (SSSR count). The Morgan fingerprint density at radius 1 is 1.16 bits per heavy atom. The third-order valence-electron chi connectivity index (χ3n) is 4.77. The molecule has 2 fully saturated rings. The van der Waals surface area contributed by atoms with E-state index in [0.29, 0.717) is 39.5 Å². The first-order valence-electron chi connectivity index (χ1n) is 8.69. The normalized spacial score (nSPS) is 24.4. The second-order valence-electron chi connectivity index (χ2n) is 6.88. The second-order valence-corrected chi connectivity index (χ2v) is 6.88. The number of nitrogens with zero attached hydrogens (tertiary/aromatic N) is 4. The van der Waals surface area contributed by atoms with Crippen molar-refractivity contribution in [1.82, 2.24) is 19.6 Å². The summed E-state index contributed by atoms with van der Waals surface area (Å²) in [6.45, 7) is 9.12. The Morgan fingerprint density at radius 2 is 1.84 bits per heavy atom. The van der Waals surface area contributed by atoms with Gasteiger partial charge in [0.2, 0.25) is 5.91 Å². The number of carbonyl (C=O) groups excluding carboxylic acids is 2. The van der Waals surface area contributed by atoms with Crippen LogP contribution in [0, 0.1) is 13.8 Å². The summed E-state index contributed by atoms with van der Waals surface area (Å²) in [5.74, 6) is -0.116. The molecule has 0 saturated carbocycles. The van der Waals surface area contributed by atoms with Gasteiger partial charge < -0.3 is 19.3 Å². The van der Waals surface area contributed by atoms with Crippen LogP contribution in [-0.2, 0) is 25.6 Å². The Labute approximate surface area is 147 Å². The van der Waals surface area contributed by atoms with E-state index in [1.165, 1.54) is 0 Å². The zero-order valence-corrected chi connectivity index (χ0v) is 15.2. The van der Waals surface area contributed by atoms with Gasteiger partial charge in [0, 0.05) is 25.3 Å². The molecular formula is C17H26N4O4. The van der Waals surface area contributed by atoms with Crippen LogP contribution < -0.4 is 0 Å². The van der Waals surface area contributed by atoms with Crippen LogP contribution in [0.1, 0.15) is 18.3 Å². The van der Waals surface area contributed by atoms with Crippen LogP contribution in [0.25, 0.3) is 0 Å². The number of amides is 2. The van der Waals surface area contributed by atoms with Gasteiger partial charge in [-0.15, -0.1) is 0 Å². The highest BCUT2D eigenvalue weighted by atomic mass is 16.5. The van der Waals surface area contributed by atoms with Crippen molar-refractivity contribution in [2.45, 2.75) is 32.9 Å². The lowest BCUT2D eigenvalue weighted by atomic mass is 10.0. The molecule has 138 valence electrons. The molecular weight excluding hydrogens is 324 g/mol. The molecule has 0 bridgehead atoms. The summed E-state index contributed by atoms with van der Waals surface area (Å²) in [7, 11) is 0. The van der Waals surface area contributed by atoms with E-state index in [4.69, 9.17) is 9.47 Å². The summed E-state index contributed by atoms with van der Waals surface area (Å²) < 4.78 is 12.8. The highest BCUT2D eigenvalue weighted by Crippen LogP contribution is 2.22. The van der Waals surface area contributed by atoms with Gasteiger partial charge in [-0.25, -0.2) is 0 Å². The van der Waals surface area contributed by atoms with Gasteiger partial charge in [-0.1, -0.05) is 0 Å². The SMILES string of the molecule is Cc1cc(C)n(CC(=O)N2CCO[C@@](C)(C(=O)N3CCOCC3)C2)n1. The number of ether oxygens (including phenoxy) is 2. The van der Waals surface area contributed by atoms with Crippen molar-refractivity contribution in [2.75, 3.05) is 46.0 Å². The Balaban J connectivity index is 1.66. The molecule has 25 heavy (non-hydrogen) atoms. The molecule has 0 spiro atoms. The average Bonchev–Trinajstić information content (AvgIpc) is 2.92. The third-order valence-corrected chi connectivity index (χ3v) is 4.77. The van der Waals surface area contributed by atoms with Crippen molar-refractivity contribution < 1.29 is 19.1 Å². The maximum atomic E-state index is 12.8. The molecule has 2 aliphatic rings. The quantitative estimate of drug-likeness (QED) is 0.766. The minimum absolute atomic E-state index is 0.0458. The monoisotopic (exact) mass is 350 g/mol. The number of carbonyl (C=O) groups is 2. The molecule has 2 amide bonds. The first-order valence-corrected chi connectivity index (χ1v) is 8.69. The van der Waals surface area contributed by atoms with Gasteiger partial charge in [-0.05, 0) is 26.8 Å². The van der Waals surface area contributed by atoms with Gasteiger partial charge in [-0.3, -0.25) is 14.3 Å². The summed E-state index contributed by atoms with van der Waals surface area (Å²) in [5, 5.41) is 4.34. The molecule has 8 nitrogen and oxygen atoms in total. The minimum Gasteiger partial charge on any atom is -0.378 e. The van der Waals surface area contributed by atoms with Crippen molar-refractivity contribution in [2.24, 2.45) is 0 Å². The lowest BCUT2D eigenvalue weighted by molar-refractivity contribution is -0.174. The van der Waals surface area contributed by atoms with Crippen molar-refractivity contribution in [3.8, 4) is 0 Å². The molecule has 0 aromatic carbocycles. The van der Waals surface area contributed by atoms with E-state index < -0.39 is 5.60 Å². The third kappa shape index (κ3) is 3.85. The predicted octanol–water partition coefficient (Wildman–Crippen LogP) is -0.0238. The lowest BCUT2D eigenvalue weighted by Crippen LogP contribution is -2.61. The van der Waals surface area contributed by atoms with Crippen molar-refractivity contribution in [3.05, 3.63) is 17.5 Å². The molecule has 2 saturated heterocycles. The van der Waals surface area contributed by atoms with Crippen LogP contribution in [0.5, 0.6) is 0 Å². The van der Waals surface area contributed by atoms with Crippen molar-refractivity contribution in [1.29, 1.82) is 0 Å². The van der Waals surface area contributed by atoms with Crippen molar-refractivity contribution >= 4 is 11.8 Å². The van der Waals surface area contributed by atoms with Gasteiger partial charge in [0.15, 0.2) is 5.60 Å².